The van der Waals surface area contributed by atoms with Crippen LogP contribution in [0.25, 0.3) is 0 Å². The molecule has 0 saturated carbocycles. The number of aromatic nitrogens is 1. The van der Waals surface area contributed by atoms with Gasteiger partial charge in [0.1, 0.15) is 0 Å². The van der Waals surface area contributed by atoms with E-state index in [0.717, 1.165) is 17.6 Å². The molecule has 2 aliphatic carbocycles. The highest BCUT2D eigenvalue weighted by molar-refractivity contribution is 5.27. The summed E-state index contributed by atoms with van der Waals surface area (Å²) in [5.41, 5.74) is 2.46. The Morgan fingerprint density at radius 1 is 1.00 bits per heavy atom. The van der Waals surface area contributed by atoms with Crippen LogP contribution in [0.5, 0.6) is 0 Å². The van der Waals surface area contributed by atoms with E-state index < -0.39 is 4.92 Å². The minimum atomic E-state index is -0.417. The zero-order chi connectivity index (χ0) is 20.6. The number of nitro groups is 3. The Hall–Kier alpha value is -3.56. The van der Waals surface area contributed by atoms with Crippen molar-refractivity contribution in [2.45, 2.75) is 26.7 Å². The molecule has 144 valence electrons. The summed E-state index contributed by atoms with van der Waals surface area (Å²) in [5.74, 6) is 0.120. The molecule has 0 N–H and O–H groups in total. The van der Waals surface area contributed by atoms with Crippen molar-refractivity contribution in [3.05, 3.63) is 95.5 Å². The number of hydrogen-bond acceptors (Lipinski definition) is 6. The molecule has 2 aliphatic rings. The third kappa shape index (κ3) is 6.69. The molecule has 0 saturated heterocycles. The fraction of sp³-hybridized carbons (Fsp3) is 0.294. The van der Waals surface area contributed by atoms with Gasteiger partial charge >= 0.3 is 5.82 Å². The molecule has 27 heavy (non-hydrogen) atoms. The number of hydrogen-bond donors (Lipinski definition) is 0. The number of rotatable bonds is 3. The largest absolute Gasteiger partial charge is 0.358 e. The summed E-state index contributed by atoms with van der Waals surface area (Å²) in [4.78, 5) is 29.1. The highest BCUT2D eigenvalue weighted by Crippen LogP contribution is 2.18. The zero-order valence-corrected chi connectivity index (χ0v) is 15.2. The molecule has 1 aromatic heterocycles. The van der Waals surface area contributed by atoms with E-state index in [9.17, 15) is 30.3 Å². The van der Waals surface area contributed by atoms with Crippen LogP contribution in [0, 0.1) is 30.3 Å². The van der Waals surface area contributed by atoms with Crippen LogP contribution in [-0.2, 0) is 7.05 Å². The van der Waals surface area contributed by atoms with E-state index in [0.29, 0.717) is 12.1 Å². The topological polar surface area (TPSA) is 134 Å². The maximum Gasteiger partial charge on any atom is 0.322 e. The lowest BCUT2D eigenvalue weighted by atomic mass is 10.2. The van der Waals surface area contributed by atoms with Crippen LogP contribution >= 0.6 is 0 Å². The molecule has 10 nitrogen and oxygen atoms in total. The van der Waals surface area contributed by atoms with Crippen molar-refractivity contribution in [2.24, 2.45) is 7.05 Å². The van der Waals surface area contributed by atoms with E-state index in [-0.39, 0.29) is 21.4 Å². The first-order valence-corrected chi connectivity index (χ1v) is 7.90. The summed E-state index contributed by atoms with van der Waals surface area (Å²) in [5, 5.41) is 30.2. The summed E-state index contributed by atoms with van der Waals surface area (Å²) in [6, 6.07) is 3.10. The molecule has 10 heteroatoms. The summed E-state index contributed by atoms with van der Waals surface area (Å²) in [6.07, 6.45) is 9.55. The van der Waals surface area contributed by atoms with Crippen molar-refractivity contribution in [3.63, 3.8) is 0 Å². The average Bonchev–Trinajstić information content (AvgIpc) is 3.29. The second-order valence-corrected chi connectivity index (χ2v) is 5.87. The van der Waals surface area contributed by atoms with Crippen molar-refractivity contribution in [2.75, 3.05) is 0 Å². The van der Waals surface area contributed by atoms with Crippen LogP contribution in [0.1, 0.15) is 26.7 Å². The Morgan fingerprint density at radius 2 is 1.67 bits per heavy atom. The van der Waals surface area contributed by atoms with Gasteiger partial charge in [-0.3, -0.25) is 20.2 Å². The lowest BCUT2D eigenvalue weighted by Gasteiger charge is -1.91. The van der Waals surface area contributed by atoms with Crippen LogP contribution in [0.15, 0.2) is 65.2 Å². The first-order valence-electron chi connectivity index (χ1n) is 7.90. The molecular weight excluding hydrogens is 356 g/mol. The number of aryl methyl sites for hydroxylation is 1. The monoisotopic (exact) mass is 376 g/mol. The SMILES string of the molecule is CC1=C([N+](=O)[O-])C=CC1.CC1=CC=C([N+](=O)[O-])C1.Cn1cccc1[N+](=O)[O-]. The van der Waals surface area contributed by atoms with Gasteiger partial charge in [0, 0.05) is 23.8 Å². The van der Waals surface area contributed by atoms with E-state index in [1.807, 2.05) is 6.92 Å². The number of nitrogens with zero attached hydrogens (tertiary/aromatic N) is 4. The van der Waals surface area contributed by atoms with Crippen molar-refractivity contribution < 1.29 is 14.8 Å². The van der Waals surface area contributed by atoms with Crippen LogP contribution < -0.4 is 0 Å². The highest BCUT2D eigenvalue weighted by Gasteiger charge is 2.14. The van der Waals surface area contributed by atoms with E-state index in [4.69, 9.17) is 0 Å². The van der Waals surface area contributed by atoms with Gasteiger partial charge in [0.05, 0.1) is 29.5 Å². The van der Waals surface area contributed by atoms with Gasteiger partial charge in [0.25, 0.3) is 5.70 Å². The maximum atomic E-state index is 10.1. The Morgan fingerprint density at radius 3 is 1.89 bits per heavy atom. The Bertz CT molecular complexity index is 861. The Labute approximate surface area is 155 Å². The fourth-order valence-electron chi connectivity index (χ4n) is 2.22. The van der Waals surface area contributed by atoms with Crippen LogP contribution in [0.4, 0.5) is 5.82 Å². The van der Waals surface area contributed by atoms with E-state index in [1.54, 1.807) is 50.5 Å². The third-order valence-electron chi connectivity index (χ3n) is 3.69. The molecule has 3 rings (SSSR count). The second-order valence-electron chi connectivity index (χ2n) is 5.87. The normalized spacial score (nSPS) is 14.5. The molecule has 1 aromatic rings. The molecule has 0 spiro atoms. The van der Waals surface area contributed by atoms with Crippen LogP contribution in [-0.4, -0.2) is 19.3 Å². The Kier molecular flexibility index (Phi) is 7.80. The maximum absolute atomic E-state index is 10.1. The quantitative estimate of drug-likeness (QED) is 0.579. The standard InChI is InChI=1S/2C6H7NO2.C5H6N2O2/c1-5-2-3-6(4-5)7(8)9;1-5-3-2-4-6(5)7(8)9;1-6-4-2-3-5(6)7(8)9/h2-3H,4H2,1H3;2,4H,3H2,1H3;2-4H,1H3. The van der Waals surface area contributed by atoms with E-state index in [2.05, 4.69) is 0 Å². The summed E-state index contributed by atoms with van der Waals surface area (Å²) >= 11 is 0. The lowest BCUT2D eigenvalue weighted by molar-refractivity contribution is -0.426. The minimum absolute atomic E-state index is 0.120. The van der Waals surface area contributed by atoms with Crippen LogP contribution in [0.3, 0.4) is 0 Å². The smallest absolute Gasteiger partial charge is 0.322 e. The van der Waals surface area contributed by atoms with Gasteiger partial charge in [-0.15, -0.1) is 0 Å². The van der Waals surface area contributed by atoms with Gasteiger partial charge in [-0.05, 0) is 31.3 Å². The van der Waals surface area contributed by atoms with Gasteiger partial charge in [0.2, 0.25) is 5.70 Å². The molecule has 0 amide bonds. The predicted octanol–water partition coefficient (Wildman–Crippen LogP) is 3.93. The van der Waals surface area contributed by atoms with Crippen LogP contribution in [0.2, 0.25) is 0 Å². The molecule has 0 bridgehead atoms. The summed E-state index contributed by atoms with van der Waals surface area (Å²) < 4.78 is 1.46. The minimum Gasteiger partial charge on any atom is -0.358 e. The lowest BCUT2D eigenvalue weighted by Crippen LogP contribution is -1.94. The molecule has 0 aliphatic heterocycles. The van der Waals surface area contributed by atoms with E-state index in [1.165, 1.54) is 10.6 Å². The fourth-order valence-corrected chi connectivity index (χ4v) is 2.22. The molecule has 1 heterocycles. The zero-order valence-electron chi connectivity index (χ0n) is 15.2. The van der Waals surface area contributed by atoms with Gasteiger partial charge < -0.3 is 10.1 Å². The van der Waals surface area contributed by atoms with Gasteiger partial charge in [-0.2, -0.15) is 0 Å². The van der Waals surface area contributed by atoms with E-state index >= 15 is 0 Å². The first kappa shape index (κ1) is 21.5. The predicted molar refractivity (Wildman–Crippen MR) is 99.0 cm³/mol. The van der Waals surface area contributed by atoms with Crippen molar-refractivity contribution in [3.8, 4) is 0 Å². The number of allylic oxidation sites excluding steroid dienone is 6. The van der Waals surface area contributed by atoms with Gasteiger partial charge in [-0.25, -0.2) is 4.57 Å². The molecule has 0 atom stereocenters. The molecule has 0 radical (unpaired) electrons. The average molecular weight is 376 g/mol. The molecule has 0 unspecified atom stereocenters. The summed E-state index contributed by atoms with van der Waals surface area (Å²) in [7, 11) is 1.64. The van der Waals surface area contributed by atoms with Crippen molar-refractivity contribution in [1.82, 2.24) is 4.57 Å². The molecule has 0 aromatic carbocycles. The van der Waals surface area contributed by atoms with Crippen molar-refractivity contribution >= 4 is 5.82 Å². The van der Waals surface area contributed by atoms with Crippen molar-refractivity contribution in [1.29, 1.82) is 0 Å². The summed E-state index contributed by atoms with van der Waals surface area (Å²) in [6.45, 7) is 3.66. The van der Waals surface area contributed by atoms with Gasteiger partial charge in [0.15, 0.2) is 0 Å². The van der Waals surface area contributed by atoms with Gasteiger partial charge in [-0.1, -0.05) is 17.7 Å². The highest BCUT2D eigenvalue weighted by atomic mass is 16.6. The third-order valence-corrected chi connectivity index (χ3v) is 3.69. The molecular formula is C17H20N4O6. The first-order chi connectivity index (χ1) is 12.6. The molecule has 0 fully saturated rings. The Balaban J connectivity index is 0.000000202. The second kappa shape index (κ2) is 9.80.